The maximum Gasteiger partial charge on any atom is 0.410 e. The van der Waals surface area contributed by atoms with Gasteiger partial charge in [-0.25, -0.2) is 4.79 Å². The van der Waals surface area contributed by atoms with Gasteiger partial charge < -0.3 is 14.7 Å². The highest BCUT2D eigenvalue weighted by Crippen LogP contribution is 2.43. The zero-order valence-corrected chi connectivity index (χ0v) is 12.0. The Morgan fingerprint density at radius 3 is 2.56 bits per heavy atom. The molecule has 16 heavy (non-hydrogen) atoms. The van der Waals surface area contributed by atoms with Crippen molar-refractivity contribution in [2.75, 3.05) is 6.54 Å². The number of amides is 1. The maximum atomic E-state index is 11.9. The summed E-state index contributed by atoms with van der Waals surface area (Å²) < 4.78 is 5.70. The van der Waals surface area contributed by atoms with Gasteiger partial charge in [0.15, 0.2) is 0 Å². The van der Waals surface area contributed by atoms with Gasteiger partial charge in [-0.1, -0.05) is 22.6 Å². The lowest BCUT2D eigenvalue weighted by atomic mass is 10.1. The summed E-state index contributed by atoms with van der Waals surface area (Å²) in [5.41, 5.74) is -0.468. The summed E-state index contributed by atoms with van der Waals surface area (Å²) in [4.78, 5) is 13.6. The Morgan fingerprint density at radius 1 is 1.50 bits per heavy atom. The molecule has 92 valence electrons. The summed E-state index contributed by atoms with van der Waals surface area (Å²) in [5, 5.41) is 9.85. The average molecular weight is 339 g/mol. The third kappa shape index (κ3) is 2.16. The number of hydrogen-bond donors (Lipinski definition) is 1. The number of carbonyl (C=O) groups is 1. The second-order valence-corrected chi connectivity index (χ2v) is 7.07. The molecule has 2 unspecified atom stereocenters. The molecule has 0 spiro atoms. The van der Waals surface area contributed by atoms with E-state index < -0.39 is 5.60 Å². The van der Waals surface area contributed by atoms with E-state index in [0.717, 1.165) is 13.0 Å². The van der Waals surface area contributed by atoms with Crippen molar-refractivity contribution in [2.24, 2.45) is 5.92 Å². The molecule has 0 aromatic carbocycles. The van der Waals surface area contributed by atoms with Crippen LogP contribution >= 0.6 is 22.6 Å². The third-order valence-corrected chi connectivity index (χ3v) is 4.89. The van der Waals surface area contributed by atoms with Crippen LogP contribution < -0.4 is 0 Å². The lowest BCUT2D eigenvalue weighted by Gasteiger charge is -2.32. The van der Waals surface area contributed by atoms with Crippen LogP contribution in [0.25, 0.3) is 0 Å². The third-order valence-electron chi connectivity index (χ3n) is 3.13. The van der Waals surface area contributed by atoms with Crippen LogP contribution in [0.2, 0.25) is 0 Å². The van der Waals surface area contributed by atoms with Gasteiger partial charge in [-0.2, -0.15) is 0 Å². The number of piperidine rings is 1. The van der Waals surface area contributed by atoms with E-state index in [9.17, 15) is 9.90 Å². The summed E-state index contributed by atoms with van der Waals surface area (Å²) in [5.74, 6) is 0.424. The molecule has 1 N–H and O–H groups in total. The zero-order valence-electron chi connectivity index (χ0n) is 9.81. The van der Waals surface area contributed by atoms with Crippen molar-refractivity contribution < 1.29 is 14.6 Å². The van der Waals surface area contributed by atoms with Gasteiger partial charge in [0.25, 0.3) is 0 Å². The highest BCUT2D eigenvalue weighted by Gasteiger charge is 2.53. The van der Waals surface area contributed by atoms with Gasteiger partial charge >= 0.3 is 6.09 Å². The van der Waals surface area contributed by atoms with Gasteiger partial charge in [-0.15, -0.1) is 0 Å². The molecule has 1 saturated heterocycles. The molecule has 1 heterocycles. The summed E-state index contributed by atoms with van der Waals surface area (Å²) in [6, 6.07) is -0.0551. The minimum atomic E-state index is -0.468. The Hall–Kier alpha value is -0.0400. The Labute approximate surface area is 109 Å². The highest BCUT2D eigenvalue weighted by molar-refractivity contribution is 14.1. The molecule has 4 atom stereocenters. The molecule has 1 amide bonds. The van der Waals surface area contributed by atoms with E-state index in [2.05, 4.69) is 22.6 Å². The number of alkyl halides is 1. The molecular weight excluding hydrogens is 321 g/mol. The van der Waals surface area contributed by atoms with Crippen molar-refractivity contribution in [1.82, 2.24) is 4.90 Å². The lowest BCUT2D eigenvalue weighted by Crippen LogP contribution is -2.47. The van der Waals surface area contributed by atoms with Crippen LogP contribution in [0.4, 0.5) is 4.79 Å². The van der Waals surface area contributed by atoms with Gasteiger partial charge in [0.1, 0.15) is 5.60 Å². The average Bonchev–Trinajstić information content (AvgIpc) is 2.54. The van der Waals surface area contributed by atoms with Gasteiger partial charge in [-0.3, -0.25) is 0 Å². The predicted molar refractivity (Wildman–Crippen MR) is 68.6 cm³/mol. The van der Waals surface area contributed by atoms with Crippen molar-refractivity contribution in [3.63, 3.8) is 0 Å². The van der Waals surface area contributed by atoms with Gasteiger partial charge in [0.2, 0.25) is 0 Å². The number of aliphatic hydroxyl groups excluding tert-OH is 1. The number of fused-ring (bicyclic) bond motifs is 2. The number of likely N-dealkylation sites (tertiary alicyclic amines) is 1. The number of halogens is 1. The Morgan fingerprint density at radius 2 is 2.12 bits per heavy atom. The van der Waals surface area contributed by atoms with E-state index >= 15 is 0 Å². The summed E-state index contributed by atoms with van der Waals surface area (Å²) >= 11 is 2.34. The van der Waals surface area contributed by atoms with E-state index in [-0.39, 0.29) is 18.2 Å². The molecule has 1 aliphatic heterocycles. The normalized spacial score (nSPS) is 37.9. The molecule has 0 aromatic rings. The van der Waals surface area contributed by atoms with Crippen LogP contribution in [-0.4, -0.2) is 44.3 Å². The minimum Gasteiger partial charge on any atom is -0.444 e. The molecule has 2 rings (SSSR count). The number of rotatable bonds is 0. The predicted octanol–water partition coefficient (Wildman–Crippen LogP) is 1.79. The van der Waals surface area contributed by atoms with Crippen molar-refractivity contribution in [3.05, 3.63) is 0 Å². The molecule has 4 nitrogen and oxygen atoms in total. The van der Waals surface area contributed by atoms with Gasteiger partial charge in [0, 0.05) is 10.5 Å². The first kappa shape index (κ1) is 12.4. The molecule has 2 aliphatic rings. The van der Waals surface area contributed by atoms with Crippen molar-refractivity contribution in [2.45, 2.75) is 48.9 Å². The van der Waals surface area contributed by atoms with Crippen LogP contribution in [0.5, 0.6) is 0 Å². The lowest BCUT2D eigenvalue weighted by molar-refractivity contribution is -0.00140. The van der Waals surface area contributed by atoms with Gasteiger partial charge in [0.05, 0.1) is 12.1 Å². The fraction of sp³-hybridized carbons (Fsp3) is 0.909. The van der Waals surface area contributed by atoms with Crippen LogP contribution in [0.15, 0.2) is 0 Å². The first-order valence-electron chi connectivity index (χ1n) is 5.61. The maximum absolute atomic E-state index is 11.9. The summed E-state index contributed by atoms with van der Waals surface area (Å²) in [6.45, 7) is 6.30. The summed E-state index contributed by atoms with van der Waals surface area (Å²) in [7, 11) is 0. The SMILES string of the molecule is CC(C)(C)OC(=O)N1CC2C[C@@H](O)C1[C@H]2I. The second kappa shape index (κ2) is 4.01. The molecule has 0 radical (unpaired) electrons. The number of hydrogen-bond acceptors (Lipinski definition) is 3. The zero-order chi connectivity index (χ0) is 12.1. The molecule has 0 aromatic heterocycles. The van der Waals surface area contributed by atoms with E-state index in [1.54, 1.807) is 4.90 Å². The van der Waals surface area contributed by atoms with E-state index in [1.807, 2.05) is 20.8 Å². The minimum absolute atomic E-state index is 0.0551. The number of ether oxygens (including phenoxy) is 1. The van der Waals surface area contributed by atoms with Crippen molar-refractivity contribution in [3.8, 4) is 0 Å². The van der Waals surface area contributed by atoms with Crippen molar-refractivity contribution >= 4 is 28.7 Å². The Balaban J connectivity index is 2.05. The summed E-state index contributed by atoms with van der Waals surface area (Å²) in [6.07, 6.45) is 0.144. The fourth-order valence-electron chi connectivity index (χ4n) is 2.52. The van der Waals surface area contributed by atoms with E-state index in [4.69, 9.17) is 4.74 Å². The largest absolute Gasteiger partial charge is 0.444 e. The molecule has 5 heteroatoms. The monoisotopic (exact) mass is 339 g/mol. The van der Waals surface area contributed by atoms with E-state index in [1.165, 1.54) is 0 Å². The molecular formula is C11H18INO3. The quantitative estimate of drug-likeness (QED) is 0.541. The number of carbonyl (C=O) groups excluding carboxylic acids is 1. The molecule has 1 saturated carbocycles. The first-order valence-corrected chi connectivity index (χ1v) is 6.86. The van der Waals surface area contributed by atoms with Crippen LogP contribution in [0.1, 0.15) is 27.2 Å². The first-order chi connectivity index (χ1) is 7.29. The molecule has 1 aliphatic carbocycles. The molecule has 2 bridgehead atoms. The number of nitrogens with zero attached hydrogens (tertiary/aromatic N) is 1. The van der Waals surface area contributed by atoms with E-state index in [0.29, 0.717) is 9.84 Å². The van der Waals surface area contributed by atoms with Crippen LogP contribution in [-0.2, 0) is 4.74 Å². The Kier molecular flexibility index (Phi) is 3.11. The number of aliphatic hydroxyl groups is 1. The van der Waals surface area contributed by atoms with Gasteiger partial charge in [-0.05, 0) is 33.1 Å². The van der Waals surface area contributed by atoms with Crippen molar-refractivity contribution in [1.29, 1.82) is 0 Å². The van der Waals surface area contributed by atoms with Crippen LogP contribution in [0.3, 0.4) is 0 Å². The standard InChI is InChI=1S/C11H18INO3/c1-11(2,3)16-10(15)13-5-6-4-7(14)9(13)8(6)12/h6-9,14H,4-5H2,1-3H3/t6?,7-,8+,9?/m1/s1. The highest BCUT2D eigenvalue weighted by atomic mass is 127. The fourth-order valence-corrected chi connectivity index (χ4v) is 3.91. The Bertz CT molecular complexity index is 302. The molecule has 2 fully saturated rings. The smallest absolute Gasteiger partial charge is 0.410 e. The second-order valence-electron chi connectivity index (χ2n) is 5.63. The topological polar surface area (TPSA) is 49.8 Å². The van der Waals surface area contributed by atoms with Crippen LogP contribution in [0, 0.1) is 5.92 Å².